The fourth-order valence-electron chi connectivity index (χ4n) is 7.40. The highest BCUT2D eigenvalue weighted by Crippen LogP contribution is 2.42. The van der Waals surface area contributed by atoms with Gasteiger partial charge in [-0.25, -0.2) is 9.97 Å². The first-order valence-corrected chi connectivity index (χ1v) is 18.3. The Bertz CT molecular complexity index is 3150. The number of rotatable bonds is 5. The fraction of sp³-hybridized carbons (Fsp3) is 0. The maximum absolute atomic E-state index is 6.14. The van der Waals surface area contributed by atoms with E-state index in [0.717, 1.165) is 70.6 Å². The van der Waals surface area contributed by atoms with Gasteiger partial charge in [0.05, 0.1) is 11.0 Å². The van der Waals surface area contributed by atoms with Gasteiger partial charge in [0.1, 0.15) is 5.52 Å². The van der Waals surface area contributed by atoms with Crippen LogP contribution in [0.1, 0.15) is 0 Å². The number of thiophene rings is 1. The zero-order valence-electron chi connectivity index (χ0n) is 28.1. The lowest BCUT2D eigenvalue weighted by atomic mass is 10.0. The summed E-state index contributed by atoms with van der Waals surface area (Å²) in [6.07, 6.45) is 0. The number of fused-ring (bicyclic) bond motifs is 7. The molecule has 0 saturated heterocycles. The van der Waals surface area contributed by atoms with Crippen LogP contribution in [-0.2, 0) is 0 Å². The molecular formula is C46H27N5OS. The lowest BCUT2D eigenvalue weighted by molar-refractivity contribution is 0.620. The monoisotopic (exact) mass is 697 g/mol. The smallest absolute Gasteiger partial charge is 0.238 e. The largest absolute Gasteiger partial charge is 0.436 e. The van der Waals surface area contributed by atoms with Crippen molar-refractivity contribution in [2.75, 3.05) is 0 Å². The van der Waals surface area contributed by atoms with Gasteiger partial charge in [0.25, 0.3) is 0 Å². The minimum atomic E-state index is 0.573. The van der Waals surface area contributed by atoms with Crippen molar-refractivity contribution in [2.24, 2.45) is 0 Å². The van der Waals surface area contributed by atoms with Gasteiger partial charge >= 0.3 is 0 Å². The molecule has 11 rings (SSSR count). The van der Waals surface area contributed by atoms with Gasteiger partial charge in [-0.3, -0.25) is 4.57 Å². The van der Waals surface area contributed by atoms with Crippen LogP contribution < -0.4 is 0 Å². The Morgan fingerprint density at radius 3 is 2.02 bits per heavy atom. The summed E-state index contributed by atoms with van der Waals surface area (Å²) in [5.41, 5.74) is 8.87. The molecule has 248 valence electrons. The van der Waals surface area contributed by atoms with E-state index < -0.39 is 0 Å². The second-order valence-corrected chi connectivity index (χ2v) is 14.1. The molecule has 7 aromatic carbocycles. The Morgan fingerprint density at radius 1 is 0.453 bits per heavy atom. The van der Waals surface area contributed by atoms with E-state index in [2.05, 4.69) is 120 Å². The Morgan fingerprint density at radius 2 is 1.15 bits per heavy atom. The van der Waals surface area contributed by atoms with Crippen molar-refractivity contribution in [1.82, 2.24) is 24.5 Å². The van der Waals surface area contributed by atoms with E-state index in [9.17, 15) is 0 Å². The molecule has 0 spiro atoms. The quantitative estimate of drug-likeness (QED) is 0.179. The second-order valence-electron chi connectivity index (χ2n) is 13.1. The zero-order valence-corrected chi connectivity index (χ0v) is 29.0. The minimum Gasteiger partial charge on any atom is -0.436 e. The van der Waals surface area contributed by atoms with Gasteiger partial charge < -0.3 is 4.42 Å². The maximum Gasteiger partial charge on any atom is 0.238 e. The van der Waals surface area contributed by atoms with Crippen molar-refractivity contribution < 1.29 is 4.42 Å². The summed E-state index contributed by atoms with van der Waals surface area (Å²) in [6, 6.07) is 56.4. The van der Waals surface area contributed by atoms with Crippen LogP contribution >= 0.6 is 11.3 Å². The molecule has 0 atom stereocenters. The molecule has 4 aromatic heterocycles. The Kier molecular flexibility index (Phi) is 6.62. The lowest BCUT2D eigenvalue weighted by Gasteiger charge is -2.11. The molecule has 0 N–H and O–H groups in total. The van der Waals surface area contributed by atoms with Crippen molar-refractivity contribution in [3.63, 3.8) is 0 Å². The molecule has 0 aliphatic heterocycles. The molecule has 11 aromatic rings. The molecule has 6 nitrogen and oxygen atoms in total. The summed E-state index contributed by atoms with van der Waals surface area (Å²) < 4.78 is 10.6. The van der Waals surface area contributed by atoms with Crippen molar-refractivity contribution in [3.8, 4) is 51.3 Å². The van der Waals surface area contributed by atoms with Crippen molar-refractivity contribution in [2.45, 2.75) is 0 Å². The summed E-state index contributed by atoms with van der Waals surface area (Å²) in [6.45, 7) is 0. The van der Waals surface area contributed by atoms with E-state index in [-0.39, 0.29) is 0 Å². The van der Waals surface area contributed by atoms with E-state index in [1.165, 1.54) is 10.3 Å². The minimum absolute atomic E-state index is 0.573. The number of para-hydroxylation sites is 3. The molecule has 0 saturated carbocycles. The number of oxazole rings is 1. The van der Waals surface area contributed by atoms with E-state index >= 15 is 0 Å². The van der Waals surface area contributed by atoms with Crippen LogP contribution in [0.2, 0.25) is 0 Å². The molecule has 0 radical (unpaired) electrons. The van der Waals surface area contributed by atoms with Crippen LogP contribution in [0.4, 0.5) is 0 Å². The summed E-state index contributed by atoms with van der Waals surface area (Å²) in [5.74, 6) is 2.43. The zero-order chi connectivity index (χ0) is 34.9. The van der Waals surface area contributed by atoms with Crippen molar-refractivity contribution in [1.29, 1.82) is 0 Å². The van der Waals surface area contributed by atoms with Crippen LogP contribution in [0, 0.1) is 0 Å². The standard InChI is InChI=1S/C46H27N5OS/c1-3-12-28(13-4-1)30-22-24-39-35(26-30)32-16-7-9-20-38(32)51(39)46-49-43(29-14-5-2-6-15-29)48-44(50-46)34-18-11-17-33-36-27-31(23-25-41(36)53-42(33)34)45-47-37-19-8-10-21-40(37)52-45/h1-27H. The molecular weight excluding hydrogens is 671 g/mol. The average Bonchev–Trinajstić information content (AvgIpc) is 3.93. The molecule has 0 amide bonds. The fourth-order valence-corrected chi connectivity index (χ4v) is 8.60. The Balaban J connectivity index is 1.12. The van der Waals surface area contributed by atoms with Gasteiger partial charge in [-0.05, 0) is 65.7 Å². The summed E-state index contributed by atoms with van der Waals surface area (Å²) in [5, 5.41) is 4.56. The summed E-state index contributed by atoms with van der Waals surface area (Å²) >= 11 is 1.74. The van der Waals surface area contributed by atoms with Crippen molar-refractivity contribution in [3.05, 3.63) is 164 Å². The highest BCUT2D eigenvalue weighted by Gasteiger charge is 2.20. The van der Waals surface area contributed by atoms with Gasteiger partial charge in [0.2, 0.25) is 11.8 Å². The third-order valence-electron chi connectivity index (χ3n) is 9.91. The van der Waals surface area contributed by atoms with Crippen LogP contribution in [0.3, 0.4) is 0 Å². The summed E-state index contributed by atoms with van der Waals surface area (Å²) in [7, 11) is 0. The lowest BCUT2D eigenvalue weighted by Crippen LogP contribution is -2.06. The van der Waals surface area contributed by atoms with Gasteiger partial charge in [-0.15, -0.1) is 11.3 Å². The predicted octanol–water partition coefficient (Wildman–Crippen LogP) is 12.1. The van der Waals surface area contributed by atoms with Gasteiger partial charge in [-0.2, -0.15) is 9.97 Å². The van der Waals surface area contributed by atoms with E-state index in [1.54, 1.807) is 11.3 Å². The molecule has 7 heteroatoms. The normalized spacial score (nSPS) is 11.8. The van der Waals surface area contributed by atoms with Gasteiger partial charge in [0, 0.05) is 47.6 Å². The highest BCUT2D eigenvalue weighted by molar-refractivity contribution is 7.26. The Hall–Kier alpha value is -6.96. The first kappa shape index (κ1) is 29.7. The molecule has 4 heterocycles. The number of hydrogen-bond donors (Lipinski definition) is 0. The maximum atomic E-state index is 6.14. The number of hydrogen-bond acceptors (Lipinski definition) is 6. The second kappa shape index (κ2) is 11.8. The molecule has 0 aliphatic carbocycles. The van der Waals surface area contributed by atoms with Crippen LogP contribution in [-0.4, -0.2) is 24.5 Å². The average molecular weight is 698 g/mol. The van der Waals surface area contributed by atoms with Gasteiger partial charge in [0.15, 0.2) is 17.2 Å². The predicted molar refractivity (Wildman–Crippen MR) is 216 cm³/mol. The number of benzene rings is 7. The topological polar surface area (TPSA) is 69.6 Å². The first-order chi connectivity index (χ1) is 26.2. The Labute approximate surface area is 307 Å². The molecule has 0 unspecified atom stereocenters. The highest BCUT2D eigenvalue weighted by atomic mass is 32.1. The molecule has 0 aliphatic rings. The number of nitrogens with zero attached hydrogens (tertiary/aromatic N) is 5. The number of aromatic nitrogens is 5. The van der Waals surface area contributed by atoms with Crippen LogP contribution in [0.15, 0.2) is 168 Å². The third-order valence-corrected chi connectivity index (χ3v) is 11.1. The van der Waals surface area contributed by atoms with E-state index in [4.69, 9.17) is 24.4 Å². The molecule has 0 fully saturated rings. The van der Waals surface area contributed by atoms with Gasteiger partial charge in [-0.1, -0.05) is 109 Å². The SMILES string of the molecule is c1ccc(-c2ccc3c(c2)c2ccccc2n3-c2nc(-c3ccccc3)nc(-c3cccc4c3sc3ccc(-c5nc6ccccc6o5)cc34)n2)cc1. The molecule has 0 bridgehead atoms. The summed E-state index contributed by atoms with van der Waals surface area (Å²) in [4.78, 5) is 20.4. The van der Waals surface area contributed by atoms with Crippen LogP contribution in [0.25, 0.3) is 104 Å². The van der Waals surface area contributed by atoms with E-state index in [0.29, 0.717) is 23.5 Å². The first-order valence-electron chi connectivity index (χ1n) is 17.5. The van der Waals surface area contributed by atoms with E-state index in [1.807, 2.05) is 48.5 Å². The molecule has 53 heavy (non-hydrogen) atoms. The van der Waals surface area contributed by atoms with Crippen LogP contribution in [0.5, 0.6) is 0 Å². The third kappa shape index (κ3) is 4.86. The van der Waals surface area contributed by atoms with Crippen molar-refractivity contribution >= 4 is 64.4 Å².